The van der Waals surface area contributed by atoms with Gasteiger partial charge in [0.05, 0.1) is 23.5 Å². The van der Waals surface area contributed by atoms with Crippen molar-refractivity contribution in [3.63, 3.8) is 0 Å². The fourth-order valence-corrected chi connectivity index (χ4v) is 4.22. The maximum absolute atomic E-state index is 13.2. The molecule has 8 nitrogen and oxygen atoms in total. The number of nitrogens with zero attached hydrogens (tertiary/aromatic N) is 3. The number of fused-ring (bicyclic) bond motifs is 1. The summed E-state index contributed by atoms with van der Waals surface area (Å²) in [5, 5.41) is 7.25. The van der Waals surface area contributed by atoms with Crippen LogP contribution in [0.15, 0.2) is 71.2 Å². The molecule has 2 aromatic heterocycles. The number of pyridine rings is 1. The number of amides is 3. The van der Waals surface area contributed by atoms with Crippen molar-refractivity contribution in [3.8, 4) is 0 Å². The minimum absolute atomic E-state index is 0.192. The Labute approximate surface area is 195 Å². The fourth-order valence-electron chi connectivity index (χ4n) is 3.51. The van der Waals surface area contributed by atoms with E-state index in [1.54, 1.807) is 32.3 Å². The van der Waals surface area contributed by atoms with Gasteiger partial charge in [0.15, 0.2) is 0 Å². The van der Waals surface area contributed by atoms with E-state index in [-0.39, 0.29) is 18.2 Å². The quantitative estimate of drug-likeness (QED) is 0.587. The summed E-state index contributed by atoms with van der Waals surface area (Å²) >= 11 is 1.47. The van der Waals surface area contributed by atoms with Crippen molar-refractivity contribution in [2.24, 2.45) is 4.99 Å². The molecular weight excluding hydrogens is 438 g/mol. The van der Waals surface area contributed by atoms with Crippen molar-refractivity contribution in [3.05, 3.63) is 82.3 Å². The number of carbonyl (C=O) groups is 3. The number of aromatic nitrogens is 1. The Morgan fingerprint density at radius 2 is 1.91 bits per heavy atom. The van der Waals surface area contributed by atoms with Crippen molar-refractivity contribution in [2.75, 3.05) is 11.9 Å². The topological polar surface area (TPSA) is 104 Å². The van der Waals surface area contributed by atoms with E-state index in [9.17, 15) is 14.4 Å². The van der Waals surface area contributed by atoms with Crippen LogP contribution in [0.1, 0.15) is 23.1 Å². The second-order valence-corrected chi connectivity index (χ2v) is 8.60. The maximum Gasteiger partial charge on any atom is 0.272 e. The number of benzodiazepines with no additional fused rings is 1. The lowest BCUT2D eigenvalue weighted by atomic mass is 10.0. The third kappa shape index (κ3) is 4.98. The van der Waals surface area contributed by atoms with Gasteiger partial charge in [-0.25, -0.2) is 4.99 Å². The number of hydrogen-bond acceptors (Lipinski definition) is 6. The largest absolute Gasteiger partial charge is 0.344 e. The first kappa shape index (κ1) is 22.3. The highest BCUT2D eigenvalue weighted by Crippen LogP contribution is 2.26. The van der Waals surface area contributed by atoms with Crippen LogP contribution >= 0.6 is 11.3 Å². The highest BCUT2D eigenvalue weighted by molar-refractivity contribution is 7.10. The number of nitrogens with one attached hydrogen (secondary N) is 2. The molecule has 9 heteroatoms. The van der Waals surface area contributed by atoms with E-state index in [1.807, 2.05) is 47.8 Å². The molecule has 2 N–H and O–H groups in total. The number of para-hydroxylation sites is 1. The number of likely N-dealkylation sites (N-methyl/N-ethyl adjacent to an activating group) is 1. The van der Waals surface area contributed by atoms with Crippen LogP contribution in [0.4, 0.5) is 5.69 Å². The molecule has 1 aromatic carbocycles. The summed E-state index contributed by atoms with van der Waals surface area (Å²) in [5.41, 5.74) is 2.50. The first-order valence-electron chi connectivity index (χ1n) is 10.4. The number of benzene rings is 1. The summed E-state index contributed by atoms with van der Waals surface area (Å²) < 4.78 is 0. The minimum atomic E-state index is -1.16. The van der Waals surface area contributed by atoms with Crippen LogP contribution in [-0.2, 0) is 20.8 Å². The molecule has 0 saturated carbocycles. The Morgan fingerprint density at radius 1 is 1.12 bits per heavy atom. The van der Waals surface area contributed by atoms with Gasteiger partial charge in [-0.3, -0.25) is 19.4 Å². The monoisotopic (exact) mass is 461 g/mol. The molecule has 0 radical (unpaired) electrons. The Bertz CT molecular complexity index is 1190. The molecule has 4 rings (SSSR count). The van der Waals surface area contributed by atoms with Gasteiger partial charge < -0.3 is 15.5 Å². The van der Waals surface area contributed by atoms with Crippen LogP contribution in [0.5, 0.6) is 0 Å². The third-order valence-electron chi connectivity index (χ3n) is 5.22. The summed E-state index contributed by atoms with van der Waals surface area (Å²) in [6.45, 7) is 1.57. The smallest absolute Gasteiger partial charge is 0.272 e. The summed E-state index contributed by atoms with van der Waals surface area (Å²) in [6.07, 6.45) is 0.677. The summed E-state index contributed by atoms with van der Waals surface area (Å²) in [6, 6.07) is 15.7. The lowest BCUT2D eigenvalue weighted by Gasteiger charge is -2.22. The van der Waals surface area contributed by atoms with E-state index in [2.05, 4.69) is 20.6 Å². The van der Waals surface area contributed by atoms with Crippen LogP contribution in [0.2, 0.25) is 0 Å². The van der Waals surface area contributed by atoms with Crippen molar-refractivity contribution >= 4 is 40.5 Å². The number of anilines is 1. The number of thiophene rings is 1. The molecule has 0 fully saturated rings. The van der Waals surface area contributed by atoms with Gasteiger partial charge in [-0.1, -0.05) is 30.3 Å². The van der Waals surface area contributed by atoms with Crippen LogP contribution in [0, 0.1) is 0 Å². The van der Waals surface area contributed by atoms with Crippen LogP contribution in [0.3, 0.4) is 0 Å². The molecule has 1 aliphatic rings. The van der Waals surface area contributed by atoms with Gasteiger partial charge in [0, 0.05) is 23.7 Å². The predicted octanol–water partition coefficient (Wildman–Crippen LogP) is 2.15. The molecule has 0 spiro atoms. The molecule has 0 aliphatic carbocycles. The Kier molecular flexibility index (Phi) is 6.60. The van der Waals surface area contributed by atoms with Crippen LogP contribution < -0.4 is 15.5 Å². The van der Waals surface area contributed by atoms with E-state index >= 15 is 0 Å². The molecule has 3 heterocycles. The van der Waals surface area contributed by atoms with Gasteiger partial charge in [-0.05, 0) is 36.6 Å². The molecule has 33 heavy (non-hydrogen) atoms. The van der Waals surface area contributed by atoms with E-state index in [1.165, 1.54) is 16.2 Å². The van der Waals surface area contributed by atoms with E-state index < -0.39 is 18.1 Å². The Hall–Kier alpha value is -3.85. The molecule has 0 saturated heterocycles. The summed E-state index contributed by atoms with van der Waals surface area (Å²) in [4.78, 5) is 49.7. The van der Waals surface area contributed by atoms with Crippen molar-refractivity contribution in [1.82, 2.24) is 15.6 Å². The van der Waals surface area contributed by atoms with Crippen molar-refractivity contribution in [1.29, 1.82) is 0 Å². The Morgan fingerprint density at radius 3 is 2.64 bits per heavy atom. The van der Waals surface area contributed by atoms with Crippen molar-refractivity contribution < 1.29 is 14.4 Å². The molecule has 3 aromatic rings. The zero-order valence-corrected chi connectivity index (χ0v) is 19.0. The zero-order valence-electron chi connectivity index (χ0n) is 18.2. The van der Waals surface area contributed by atoms with Crippen molar-refractivity contribution in [2.45, 2.75) is 25.6 Å². The molecule has 2 atom stereocenters. The standard InChI is InChI=1S/C24H23N5O3S/c1-15(26-20(30)14-16-8-7-13-33-16)23(31)28-22-24(32)29(2)19-11-4-3-9-17(19)21(27-22)18-10-5-6-12-25-18/h3-13,15,22H,14H2,1-2H3,(H,26,30)(H,28,31)/t15-,22?/m0/s1. The SMILES string of the molecule is C[C@H](NC(=O)Cc1cccs1)C(=O)NC1N=C(c2ccccn2)c2ccccc2N(C)C1=O. The number of carbonyl (C=O) groups excluding carboxylic acids is 3. The number of aliphatic imine (C=N–C) groups is 1. The highest BCUT2D eigenvalue weighted by Gasteiger charge is 2.32. The highest BCUT2D eigenvalue weighted by atomic mass is 32.1. The second-order valence-electron chi connectivity index (χ2n) is 7.56. The lowest BCUT2D eigenvalue weighted by Crippen LogP contribution is -2.52. The third-order valence-corrected chi connectivity index (χ3v) is 6.09. The minimum Gasteiger partial charge on any atom is -0.344 e. The lowest BCUT2D eigenvalue weighted by molar-refractivity contribution is -0.130. The van der Waals surface area contributed by atoms with Gasteiger partial charge in [0.25, 0.3) is 5.91 Å². The Balaban J connectivity index is 1.57. The van der Waals surface area contributed by atoms with E-state index in [4.69, 9.17) is 0 Å². The van der Waals surface area contributed by atoms with Crippen LogP contribution in [-0.4, -0.2) is 47.7 Å². The molecule has 1 aliphatic heterocycles. The number of rotatable bonds is 6. The molecule has 168 valence electrons. The van der Waals surface area contributed by atoms with E-state index in [0.717, 1.165) is 10.4 Å². The normalized spacial score (nSPS) is 16.3. The molecule has 1 unspecified atom stereocenters. The second kappa shape index (κ2) is 9.74. The molecule has 3 amide bonds. The fraction of sp³-hybridized carbons (Fsp3) is 0.208. The molecular formula is C24H23N5O3S. The average molecular weight is 462 g/mol. The summed E-state index contributed by atoms with van der Waals surface area (Å²) in [7, 11) is 1.64. The first-order chi connectivity index (χ1) is 15.9. The van der Waals surface area contributed by atoms with Gasteiger partial charge in [0.2, 0.25) is 18.0 Å². The average Bonchev–Trinajstić information content (AvgIpc) is 3.30. The predicted molar refractivity (Wildman–Crippen MR) is 127 cm³/mol. The van der Waals surface area contributed by atoms with Gasteiger partial charge >= 0.3 is 0 Å². The maximum atomic E-state index is 13.2. The molecule has 0 bridgehead atoms. The van der Waals surface area contributed by atoms with E-state index in [0.29, 0.717) is 17.1 Å². The van der Waals surface area contributed by atoms with Gasteiger partial charge in [0.1, 0.15) is 6.04 Å². The summed E-state index contributed by atoms with van der Waals surface area (Å²) in [5.74, 6) is -1.16. The van der Waals surface area contributed by atoms with Gasteiger partial charge in [-0.15, -0.1) is 11.3 Å². The zero-order chi connectivity index (χ0) is 23.4. The van der Waals surface area contributed by atoms with Crippen LogP contribution in [0.25, 0.3) is 0 Å². The number of hydrogen-bond donors (Lipinski definition) is 2. The van der Waals surface area contributed by atoms with Gasteiger partial charge in [-0.2, -0.15) is 0 Å². The first-order valence-corrected chi connectivity index (χ1v) is 11.3.